The zero-order valence-electron chi connectivity index (χ0n) is 12.4. The molecule has 1 aliphatic rings. The van der Waals surface area contributed by atoms with Gasteiger partial charge in [-0.3, -0.25) is 9.59 Å². The number of halogens is 1. The van der Waals surface area contributed by atoms with E-state index in [2.05, 4.69) is 5.32 Å². The average Bonchev–Trinajstić information content (AvgIpc) is 3.25. The highest BCUT2D eigenvalue weighted by atomic mass is 35.5. The molecule has 0 spiro atoms. The summed E-state index contributed by atoms with van der Waals surface area (Å²) >= 11 is 5.86. The van der Waals surface area contributed by atoms with Gasteiger partial charge in [-0.15, -0.1) is 0 Å². The van der Waals surface area contributed by atoms with Crippen molar-refractivity contribution in [3.8, 4) is 0 Å². The van der Waals surface area contributed by atoms with Gasteiger partial charge in [0.05, 0.1) is 0 Å². The van der Waals surface area contributed by atoms with E-state index < -0.39 is 11.4 Å². The van der Waals surface area contributed by atoms with E-state index in [0.717, 1.165) is 12.0 Å². The zero-order valence-corrected chi connectivity index (χ0v) is 13.1. The molecule has 0 saturated heterocycles. The lowest BCUT2D eigenvalue weighted by Gasteiger charge is -2.29. The Morgan fingerprint density at radius 2 is 1.86 bits per heavy atom. The molecule has 0 aliphatic heterocycles. The van der Waals surface area contributed by atoms with Gasteiger partial charge in [0.25, 0.3) is 0 Å². The number of carbonyl (C=O) groups excluding carboxylic acids is 2. The molecule has 4 nitrogen and oxygen atoms in total. The van der Waals surface area contributed by atoms with E-state index in [1.54, 1.807) is 0 Å². The molecule has 1 aromatic rings. The van der Waals surface area contributed by atoms with Crippen LogP contribution in [0.4, 0.5) is 0 Å². The maximum atomic E-state index is 12.3. The van der Waals surface area contributed by atoms with E-state index in [-0.39, 0.29) is 17.7 Å². The Labute approximate surface area is 130 Å². The van der Waals surface area contributed by atoms with E-state index in [1.165, 1.54) is 0 Å². The van der Waals surface area contributed by atoms with E-state index in [9.17, 15) is 9.59 Å². The molecule has 0 radical (unpaired) electrons. The molecule has 2 atom stereocenters. The van der Waals surface area contributed by atoms with Gasteiger partial charge in [0, 0.05) is 10.9 Å². The van der Waals surface area contributed by atoms with E-state index in [1.807, 2.05) is 38.1 Å². The minimum atomic E-state index is -0.926. The Hall–Kier alpha value is -1.55. The first kappa shape index (κ1) is 15.8. The second-order valence-corrected chi connectivity index (χ2v) is 6.08. The zero-order chi connectivity index (χ0) is 15.6. The summed E-state index contributed by atoms with van der Waals surface area (Å²) in [6, 6.07) is 7.55. The Balaban J connectivity index is 2.03. The molecular weight excluding hydrogens is 288 g/mol. The van der Waals surface area contributed by atoms with Crippen LogP contribution in [0.2, 0.25) is 5.02 Å². The molecule has 1 aromatic carbocycles. The predicted octanol–water partition coefficient (Wildman–Crippen LogP) is 2.60. The molecule has 1 aliphatic carbocycles. The molecule has 3 N–H and O–H groups in total. The quantitative estimate of drug-likeness (QED) is 0.848. The van der Waals surface area contributed by atoms with Gasteiger partial charge in [-0.1, -0.05) is 37.6 Å². The highest BCUT2D eigenvalue weighted by Gasteiger charge is 2.46. The Kier molecular flexibility index (Phi) is 4.57. The number of rotatable bonds is 6. The maximum absolute atomic E-state index is 12.3. The molecule has 2 rings (SSSR count). The molecule has 0 heterocycles. The lowest BCUT2D eigenvalue weighted by Crippen LogP contribution is -2.57. The first-order valence-electron chi connectivity index (χ1n) is 7.31. The summed E-state index contributed by atoms with van der Waals surface area (Å²) in [5.41, 5.74) is 5.64. The standard InChI is InChI=1S/C16H21ClN2O2/c1-3-16(4-2,15(18)21)19-14(20)13-9-12(13)10-5-7-11(17)8-6-10/h5-8,12-13H,3-4,9H2,1-2H3,(H2,18,21)(H,19,20)/t12-,13-/m1/s1. The maximum Gasteiger partial charge on any atom is 0.243 e. The molecular formula is C16H21ClN2O2. The molecule has 0 unspecified atom stereocenters. The van der Waals surface area contributed by atoms with Crippen molar-refractivity contribution in [2.24, 2.45) is 11.7 Å². The second-order valence-electron chi connectivity index (χ2n) is 5.64. The smallest absolute Gasteiger partial charge is 0.243 e. The van der Waals surface area contributed by atoms with Crippen molar-refractivity contribution < 1.29 is 9.59 Å². The minimum absolute atomic E-state index is 0.0806. The van der Waals surface area contributed by atoms with Crippen molar-refractivity contribution in [1.29, 1.82) is 0 Å². The summed E-state index contributed by atoms with van der Waals surface area (Å²) in [4.78, 5) is 24.0. The molecule has 0 aromatic heterocycles. The lowest BCUT2D eigenvalue weighted by molar-refractivity contribution is -0.132. The van der Waals surface area contributed by atoms with Crippen LogP contribution in [0.5, 0.6) is 0 Å². The summed E-state index contributed by atoms with van der Waals surface area (Å²) in [5, 5.41) is 3.55. The van der Waals surface area contributed by atoms with Crippen molar-refractivity contribution in [3.63, 3.8) is 0 Å². The summed E-state index contributed by atoms with van der Waals surface area (Å²) in [6.07, 6.45) is 1.81. The summed E-state index contributed by atoms with van der Waals surface area (Å²) in [6.45, 7) is 3.72. The van der Waals surface area contributed by atoms with Crippen LogP contribution in [0.15, 0.2) is 24.3 Å². The van der Waals surface area contributed by atoms with Gasteiger partial charge in [-0.25, -0.2) is 0 Å². The fourth-order valence-electron chi connectivity index (χ4n) is 2.73. The third-order valence-electron chi connectivity index (χ3n) is 4.47. The average molecular weight is 309 g/mol. The number of hydrogen-bond acceptors (Lipinski definition) is 2. The van der Waals surface area contributed by atoms with E-state index >= 15 is 0 Å². The molecule has 0 bridgehead atoms. The normalized spacial score (nSPS) is 20.9. The highest BCUT2D eigenvalue weighted by Crippen LogP contribution is 2.48. The van der Waals surface area contributed by atoms with Crippen LogP contribution in [0.3, 0.4) is 0 Å². The third-order valence-corrected chi connectivity index (χ3v) is 4.72. The molecule has 1 fully saturated rings. The number of carbonyl (C=O) groups is 2. The number of nitrogens with two attached hydrogens (primary N) is 1. The van der Waals surface area contributed by atoms with Gasteiger partial charge in [0.15, 0.2) is 0 Å². The first-order valence-corrected chi connectivity index (χ1v) is 7.68. The van der Waals surface area contributed by atoms with Crippen molar-refractivity contribution in [2.75, 3.05) is 0 Å². The van der Waals surface area contributed by atoms with Gasteiger partial charge >= 0.3 is 0 Å². The SMILES string of the molecule is CCC(CC)(NC(=O)[C@@H]1C[C@@H]1c1ccc(Cl)cc1)C(N)=O. The summed E-state index contributed by atoms with van der Waals surface area (Å²) in [5.74, 6) is -0.424. The van der Waals surface area contributed by atoms with Crippen LogP contribution in [0.1, 0.15) is 44.6 Å². The van der Waals surface area contributed by atoms with E-state index in [0.29, 0.717) is 17.9 Å². The van der Waals surface area contributed by atoms with Gasteiger partial charge in [-0.05, 0) is 42.9 Å². The second kappa shape index (κ2) is 6.06. The summed E-state index contributed by atoms with van der Waals surface area (Å²) in [7, 11) is 0. The number of hydrogen-bond donors (Lipinski definition) is 2. The van der Waals surface area contributed by atoms with Crippen LogP contribution >= 0.6 is 11.6 Å². The third kappa shape index (κ3) is 3.21. The van der Waals surface area contributed by atoms with Gasteiger partial charge < -0.3 is 11.1 Å². The summed E-state index contributed by atoms with van der Waals surface area (Å²) < 4.78 is 0. The number of amides is 2. The Bertz CT molecular complexity index is 538. The first-order chi connectivity index (χ1) is 9.93. The Morgan fingerprint density at radius 1 is 1.29 bits per heavy atom. The topological polar surface area (TPSA) is 72.2 Å². The van der Waals surface area contributed by atoms with Gasteiger partial charge in [0.1, 0.15) is 5.54 Å². The molecule has 114 valence electrons. The van der Waals surface area contributed by atoms with Crippen molar-refractivity contribution >= 4 is 23.4 Å². The fraction of sp³-hybridized carbons (Fsp3) is 0.500. The Morgan fingerprint density at radius 3 is 2.33 bits per heavy atom. The number of nitrogens with one attached hydrogen (secondary N) is 1. The van der Waals surface area contributed by atoms with Crippen LogP contribution in [-0.2, 0) is 9.59 Å². The monoisotopic (exact) mass is 308 g/mol. The van der Waals surface area contributed by atoms with Crippen LogP contribution in [0.25, 0.3) is 0 Å². The van der Waals surface area contributed by atoms with Gasteiger partial charge in [0.2, 0.25) is 11.8 Å². The predicted molar refractivity (Wildman–Crippen MR) is 83.0 cm³/mol. The number of primary amides is 1. The van der Waals surface area contributed by atoms with Crippen LogP contribution in [0, 0.1) is 5.92 Å². The van der Waals surface area contributed by atoms with Crippen molar-refractivity contribution in [1.82, 2.24) is 5.32 Å². The highest BCUT2D eigenvalue weighted by molar-refractivity contribution is 6.30. The number of benzene rings is 1. The molecule has 1 saturated carbocycles. The fourth-order valence-corrected chi connectivity index (χ4v) is 2.85. The largest absolute Gasteiger partial charge is 0.368 e. The van der Waals surface area contributed by atoms with Crippen molar-refractivity contribution in [3.05, 3.63) is 34.9 Å². The molecule has 21 heavy (non-hydrogen) atoms. The lowest BCUT2D eigenvalue weighted by atomic mass is 9.91. The minimum Gasteiger partial charge on any atom is -0.368 e. The van der Waals surface area contributed by atoms with Crippen LogP contribution < -0.4 is 11.1 Å². The van der Waals surface area contributed by atoms with E-state index in [4.69, 9.17) is 17.3 Å². The molecule has 5 heteroatoms. The van der Waals surface area contributed by atoms with Crippen LogP contribution in [-0.4, -0.2) is 17.4 Å². The van der Waals surface area contributed by atoms with Gasteiger partial charge in [-0.2, -0.15) is 0 Å². The van der Waals surface area contributed by atoms with Crippen molar-refractivity contribution in [2.45, 2.75) is 44.6 Å². The molecule has 2 amide bonds.